The monoisotopic (exact) mass is 469 g/mol. The smallest absolute Gasteiger partial charge is 0.232 e. The van der Waals surface area contributed by atoms with Crippen molar-refractivity contribution in [3.8, 4) is 23.3 Å². The van der Waals surface area contributed by atoms with Crippen molar-refractivity contribution in [1.82, 2.24) is 9.97 Å². The molecule has 0 aliphatic heterocycles. The Hall–Kier alpha value is -3.56. The number of methoxy groups -OCH3 is 4. The molecule has 1 aromatic heterocycles. The van der Waals surface area contributed by atoms with Gasteiger partial charge >= 0.3 is 0 Å². The van der Waals surface area contributed by atoms with E-state index in [4.69, 9.17) is 18.9 Å². The lowest BCUT2D eigenvalue weighted by molar-refractivity contribution is 0.0266. The van der Waals surface area contributed by atoms with E-state index in [2.05, 4.69) is 9.97 Å². The number of nitrogens with zero attached hydrogens (tertiary/aromatic N) is 3. The molecule has 34 heavy (non-hydrogen) atoms. The lowest BCUT2D eigenvalue weighted by atomic mass is 10.1. The van der Waals surface area contributed by atoms with E-state index in [0.717, 1.165) is 22.6 Å². The molecule has 0 radical (unpaired) electrons. The number of aliphatic hydroxyl groups excluding tert-OH is 2. The number of hydrogen-bond acceptors (Lipinski definition) is 9. The fraction of sp³-hybridized carbons (Fsp3) is 0.360. The molecule has 182 valence electrons. The van der Waals surface area contributed by atoms with Gasteiger partial charge in [-0.15, -0.1) is 0 Å². The van der Waals surface area contributed by atoms with E-state index in [0.29, 0.717) is 19.0 Å². The van der Waals surface area contributed by atoms with Gasteiger partial charge in [-0.3, -0.25) is 0 Å². The van der Waals surface area contributed by atoms with Gasteiger partial charge in [-0.25, -0.2) is 0 Å². The lowest BCUT2D eigenvalue weighted by Gasteiger charge is -2.26. The molecule has 3 aromatic rings. The average molecular weight is 470 g/mol. The molecule has 1 heterocycles. The molecule has 0 amide bonds. The average Bonchev–Trinajstić information content (AvgIpc) is 2.87. The highest BCUT2D eigenvalue weighted by Gasteiger charge is 2.28. The van der Waals surface area contributed by atoms with Crippen molar-refractivity contribution in [2.45, 2.75) is 32.2 Å². The minimum absolute atomic E-state index is 0.129. The molecule has 2 aromatic carbocycles. The van der Waals surface area contributed by atoms with Gasteiger partial charge in [0.2, 0.25) is 17.7 Å². The van der Waals surface area contributed by atoms with Gasteiger partial charge in [0.1, 0.15) is 23.2 Å². The highest BCUT2D eigenvalue weighted by Crippen LogP contribution is 2.35. The predicted molar refractivity (Wildman–Crippen MR) is 128 cm³/mol. The first-order chi connectivity index (χ1) is 16.4. The standard InChI is InChI=1S/C25H31N3O6/c1-16(29)22(30)21-23(33-4)26-25(27-24(21)34-5)28(14-17-6-10-19(31-2)11-7-17)15-18-8-12-20(32-3)13-9-18/h6-13,16,22,29-30H,14-15H2,1-5H3. The van der Waals surface area contributed by atoms with Crippen molar-refractivity contribution in [3.63, 3.8) is 0 Å². The summed E-state index contributed by atoms with van der Waals surface area (Å²) in [5.74, 6) is 2.14. The Balaban J connectivity index is 2.04. The number of anilines is 1. The maximum absolute atomic E-state index is 10.5. The largest absolute Gasteiger partial charge is 0.497 e. The number of hydrogen-bond donors (Lipinski definition) is 2. The molecule has 0 saturated carbocycles. The van der Waals surface area contributed by atoms with Crippen LogP contribution in [0.3, 0.4) is 0 Å². The highest BCUT2D eigenvalue weighted by atomic mass is 16.5. The van der Waals surface area contributed by atoms with E-state index < -0.39 is 12.2 Å². The quantitative estimate of drug-likeness (QED) is 0.438. The molecule has 2 atom stereocenters. The Morgan fingerprint density at radius 3 is 1.44 bits per heavy atom. The van der Waals surface area contributed by atoms with E-state index in [9.17, 15) is 10.2 Å². The zero-order valence-electron chi connectivity index (χ0n) is 20.1. The van der Waals surface area contributed by atoms with Gasteiger partial charge in [-0.1, -0.05) is 24.3 Å². The zero-order chi connectivity index (χ0) is 24.7. The van der Waals surface area contributed by atoms with Crippen LogP contribution in [0.1, 0.15) is 29.7 Å². The van der Waals surface area contributed by atoms with Gasteiger partial charge < -0.3 is 34.1 Å². The second kappa shape index (κ2) is 11.5. The number of rotatable bonds is 11. The van der Waals surface area contributed by atoms with Crippen LogP contribution in [-0.2, 0) is 13.1 Å². The maximum Gasteiger partial charge on any atom is 0.232 e. The Bertz CT molecular complexity index is 983. The number of ether oxygens (including phenoxy) is 4. The molecule has 2 N–H and O–H groups in total. The van der Waals surface area contributed by atoms with Crippen LogP contribution in [0.2, 0.25) is 0 Å². The third-order valence-electron chi connectivity index (χ3n) is 5.35. The summed E-state index contributed by atoms with van der Waals surface area (Å²) in [6, 6.07) is 15.5. The van der Waals surface area contributed by atoms with Crippen LogP contribution in [0, 0.1) is 0 Å². The molecule has 0 aliphatic carbocycles. The molecule has 9 nitrogen and oxygen atoms in total. The van der Waals surface area contributed by atoms with Crippen molar-refractivity contribution >= 4 is 5.95 Å². The molecule has 0 spiro atoms. The summed E-state index contributed by atoms with van der Waals surface area (Å²) in [7, 11) is 6.14. The van der Waals surface area contributed by atoms with Crippen molar-refractivity contribution in [1.29, 1.82) is 0 Å². The topological polar surface area (TPSA) is 106 Å². The predicted octanol–water partition coefficient (Wildman–Crippen LogP) is 3.13. The first-order valence-electron chi connectivity index (χ1n) is 10.8. The van der Waals surface area contributed by atoms with E-state index in [1.54, 1.807) is 14.2 Å². The summed E-state index contributed by atoms with van der Waals surface area (Å²) >= 11 is 0. The van der Waals surface area contributed by atoms with Gasteiger partial charge in [0.05, 0.1) is 34.5 Å². The second-order valence-corrected chi connectivity index (χ2v) is 7.69. The summed E-state index contributed by atoms with van der Waals surface area (Å²) in [5, 5.41) is 20.4. The van der Waals surface area contributed by atoms with Crippen LogP contribution in [0.15, 0.2) is 48.5 Å². The van der Waals surface area contributed by atoms with Crippen LogP contribution in [-0.4, -0.2) is 54.7 Å². The summed E-state index contributed by atoms with van der Waals surface area (Å²) in [5.41, 5.74) is 2.23. The Kier molecular flexibility index (Phi) is 8.50. The van der Waals surface area contributed by atoms with Gasteiger partial charge in [-0.05, 0) is 42.3 Å². The van der Waals surface area contributed by atoms with Gasteiger partial charge in [0.25, 0.3) is 0 Å². The summed E-state index contributed by atoms with van der Waals surface area (Å²) in [6.07, 6.45) is -2.33. The van der Waals surface area contributed by atoms with E-state index in [-0.39, 0.29) is 17.3 Å². The zero-order valence-corrected chi connectivity index (χ0v) is 20.1. The molecule has 0 fully saturated rings. The molecule has 0 saturated heterocycles. The van der Waals surface area contributed by atoms with Crippen molar-refractivity contribution in [2.24, 2.45) is 0 Å². The minimum atomic E-state index is -1.27. The first-order valence-corrected chi connectivity index (χ1v) is 10.8. The van der Waals surface area contributed by atoms with E-state index in [1.165, 1.54) is 21.1 Å². The van der Waals surface area contributed by atoms with Crippen molar-refractivity contribution < 1.29 is 29.2 Å². The minimum Gasteiger partial charge on any atom is -0.497 e. The lowest BCUT2D eigenvalue weighted by Crippen LogP contribution is -2.26. The first kappa shape index (κ1) is 25.1. The molecule has 3 rings (SSSR count). The summed E-state index contributed by atoms with van der Waals surface area (Å²) in [6.45, 7) is 2.44. The summed E-state index contributed by atoms with van der Waals surface area (Å²) in [4.78, 5) is 11.1. The number of aliphatic hydroxyl groups is 2. The van der Waals surface area contributed by atoms with Gasteiger partial charge in [-0.2, -0.15) is 9.97 Å². The second-order valence-electron chi connectivity index (χ2n) is 7.69. The Morgan fingerprint density at radius 1 is 0.706 bits per heavy atom. The third kappa shape index (κ3) is 5.86. The van der Waals surface area contributed by atoms with Crippen LogP contribution >= 0.6 is 0 Å². The normalized spacial score (nSPS) is 12.6. The van der Waals surface area contributed by atoms with Crippen LogP contribution in [0.4, 0.5) is 5.95 Å². The van der Waals surface area contributed by atoms with Crippen LogP contribution in [0.5, 0.6) is 23.3 Å². The van der Waals surface area contributed by atoms with Crippen molar-refractivity contribution in [2.75, 3.05) is 33.3 Å². The maximum atomic E-state index is 10.5. The summed E-state index contributed by atoms with van der Waals surface area (Å²) < 4.78 is 21.4. The molecule has 2 unspecified atom stereocenters. The SMILES string of the molecule is COc1ccc(CN(Cc2ccc(OC)cc2)c2nc(OC)c(C(O)C(C)O)c(OC)n2)cc1. The highest BCUT2D eigenvalue weighted by molar-refractivity contribution is 5.46. The number of aromatic nitrogens is 2. The van der Waals surface area contributed by atoms with Gasteiger partial charge in [0, 0.05) is 13.1 Å². The Labute approximate surface area is 199 Å². The van der Waals surface area contributed by atoms with Crippen LogP contribution in [0.25, 0.3) is 0 Å². The molecular weight excluding hydrogens is 438 g/mol. The van der Waals surface area contributed by atoms with E-state index >= 15 is 0 Å². The molecule has 0 aliphatic rings. The fourth-order valence-corrected chi connectivity index (χ4v) is 3.47. The molecule has 9 heteroatoms. The fourth-order valence-electron chi connectivity index (χ4n) is 3.47. The van der Waals surface area contributed by atoms with Crippen LogP contribution < -0.4 is 23.8 Å². The van der Waals surface area contributed by atoms with E-state index in [1.807, 2.05) is 53.4 Å². The van der Waals surface area contributed by atoms with Gasteiger partial charge in [0.15, 0.2) is 0 Å². The third-order valence-corrected chi connectivity index (χ3v) is 5.35. The number of benzene rings is 2. The molecule has 0 bridgehead atoms. The molecular formula is C25H31N3O6. The Morgan fingerprint density at radius 2 is 1.12 bits per heavy atom. The van der Waals surface area contributed by atoms with Crippen molar-refractivity contribution in [3.05, 3.63) is 65.2 Å².